The molecule has 0 fully saturated rings. The third-order valence-electron chi connectivity index (χ3n) is 3.21. The number of rotatable bonds is 5. The van der Waals surface area contributed by atoms with Crippen molar-refractivity contribution in [3.8, 4) is 0 Å². The highest BCUT2D eigenvalue weighted by Crippen LogP contribution is 2.26. The van der Waals surface area contributed by atoms with Crippen LogP contribution in [0.15, 0.2) is 35.5 Å². The van der Waals surface area contributed by atoms with Crippen LogP contribution in [0.25, 0.3) is 0 Å². The number of carbonyl (C=O) groups is 1. The van der Waals surface area contributed by atoms with Gasteiger partial charge in [0, 0.05) is 32.2 Å². The quantitative estimate of drug-likeness (QED) is 0.884. The highest BCUT2D eigenvalue weighted by molar-refractivity contribution is 7.89. The van der Waals surface area contributed by atoms with Crippen LogP contribution in [-0.4, -0.2) is 42.3 Å². The van der Waals surface area contributed by atoms with Gasteiger partial charge in [-0.2, -0.15) is 0 Å². The van der Waals surface area contributed by atoms with Gasteiger partial charge in [0.15, 0.2) is 0 Å². The fourth-order valence-corrected chi connectivity index (χ4v) is 3.30. The molecule has 0 saturated carbocycles. The number of anilines is 1. The highest BCUT2D eigenvalue weighted by Gasteiger charge is 2.21. The lowest BCUT2D eigenvalue weighted by Gasteiger charge is -2.14. The molecule has 2 aromatic rings. The molecular weight excluding hydrogens is 340 g/mol. The Hall–Kier alpha value is -1.90. The molecule has 0 aliphatic rings. The molecule has 1 aromatic carbocycles. The second-order valence-corrected chi connectivity index (χ2v) is 7.61. The van der Waals surface area contributed by atoms with Crippen LogP contribution in [0.5, 0.6) is 0 Å². The van der Waals surface area contributed by atoms with Gasteiger partial charge in [-0.3, -0.25) is 4.79 Å². The number of aryl methyl sites for hydroxylation is 1. The van der Waals surface area contributed by atoms with Gasteiger partial charge in [-0.25, -0.2) is 17.7 Å². The molecule has 0 spiro atoms. The number of aromatic nitrogens is 2. The molecule has 9 heteroatoms. The summed E-state index contributed by atoms with van der Waals surface area (Å²) in [6.07, 6.45) is 3.30. The molecule has 7 nitrogen and oxygen atoms in total. The summed E-state index contributed by atoms with van der Waals surface area (Å²) < 4.78 is 27.2. The Labute approximate surface area is 139 Å². The van der Waals surface area contributed by atoms with E-state index >= 15 is 0 Å². The first-order chi connectivity index (χ1) is 10.7. The van der Waals surface area contributed by atoms with Crippen molar-refractivity contribution < 1.29 is 13.2 Å². The number of imidazole rings is 1. The SMILES string of the molecule is Cc1nccn1CC(=O)Nc1ccc(Cl)c(S(=O)(=O)N(C)C)c1. The van der Waals surface area contributed by atoms with Crippen molar-refractivity contribution in [3.05, 3.63) is 41.4 Å². The average molecular weight is 357 g/mol. The van der Waals surface area contributed by atoms with E-state index in [0.29, 0.717) is 11.5 Å². The minimum absolute atomic E-state index is 0.0548. The summed E-state index contributed by atoms with van der Waals surface area (Å²) >= 11 is 5.97. The topological polar surface area (TPSA) is 84.3 Å². The Kier molecular flexibility index (Phi) is 5.08. The van der Waals surface area contributed by atoms with Crippen LogP contribution >= 0.6 is 11.6 Å². The normalized spacial score (nSPS) is 11.7. The summed E-state index contributed by atoms with van der Waals surface area (Å²) in [6, 6.07) is 4.34. The van der Waals surface area contributed by atoms with E-state index < -0.39 is 10.0 Å². The number of benzene rings is 1. The van der Waals surface area contributed by atoms with Crippen LogP contribution in [-0.2, 0) is 21.4 Å². The smallest absolute Gasteiger partial charge is 0.244 e. The zero-order chi connectivity index (χ0) is 17.2. The van der Waals surface area contributed by atoms with Crippen LogP contribution in [0.4, 0.5) is 5.69 Å². The number of nitrogens with one attached hydrogen (secondary N) is 1. The third-order valence-corrected chi connectivity index (χ3v) is 5.51. The number of carbonyl (C=O) groups excluding carboxylic acids is 1. The van der Waals surface area contributed by atoms with E-state index in [0.717, 1.165) is 4.31 Å². The molecule has 0 radical (unpaired) electrons. The minimum Gasteiger partial charge on any atom is -0.326 e. The van der Waals surface area contributed by atoms with Crippen molar-refractivity contribution in [3.63, 3.8) is 0 Å². The first-order valence-corrected chi connectivity index (χ1v) is 8.53. The number of sulfonamides is 1. The third kappa shape index (κ3) is 3.90. The van der Waals surface area contributed by atoms with Crippen LogP contribution in [0, 0.1) is 6.92 Å². The van der Waals surface area contributed by atoms with Crippen LogP contribution < -0.4 is 5.32 Å². The zero-order valence-electron chi connectivity index (χ0n) is 12.9. The predicted molar refractivity (Wildman–Crippen MR) is 87.9 cm³/mol. The first-order valence-electron chi connectivity index (χ1n) is 6.71. The van der Waals surface area contributed by atoms with Crippen LogP contribution in [0.1, 0.15) is 5.82 Å². The van der Waals surface area contributed by atoms with E-state index in [9.17, 15) is 13.2 Å². The van der Waals surface area contributed by atoms with E-state index in [4.69, 9.17) is 11.6 Å². The van der Waals surface area contributed by atoms with Crippen molar-refractivity contribution >= 4 is 33.2 Å². The fraction of sp³-hybridized carbons (Fsp3) is 0.286. The average Bonchev–Trinajstić information content (AvgIpc) is 2.86. The maximum atomic E-state index is 12.2. The Balaban J connectivity index is 2.22. The molecule has 23 heavy (non-hydrogen) atoms. The summed E-state index contributed by atoms with van der Waals surface area (Å²) in [5.41, 5.74) is 0.359. The molecule has 0 atom stereocenters. The molecule has 1 heterocycles. The van der Waals surface area contributed by atoms with Gasteiger partial charge in [0.05, 0.1) is 5.02 Å². The molecular formula is C14H17ClN4O3S. The van der Waals surface area contributed by atoms with Crippen LogP contribution in [0.3, 0.4) is 0 Å². The molecule has 124 valence electrons. The zero-order valence-corrected chi connectivity index (χ0v) is 14.5. The number of hydrogen-bond acceptors (Lipinski definition) is 4. The molecule has 1 N–H and O–H groups in total. The molecule has 1 aromatic heterocycles. The Morgan fingerprint density at radius 1 is 1.39 bits per heavy atom. The second-order valence-electron chi connectivity index (χ2n) is 5.08. The van der Waals surface area contributed by atoms with E-state index in [1.54, 1.807) is 30.0 Å². The number of halogens is 1. The largest absolute Gasteiger partial charge is 0.326 e. The van der Waals surface area contributed by atoms with Gasteiger partial charge >= 0.3 is 0 Å². The van der Waals surface area contributed by atoms with Gasteiger partial charge in [-0.05, 0) is 25.1 Å². The number of hydrogen-bond donors (Lipinski definition) is 1. The van der Waals surface area contributed by atoms with Crippen LogP contribution in [0.2, 0.25) is 5.02 Å². The maximum absolute atomic E-state index is 12.2. The first kappa shape index (κ1) is 17.5. The van der Waals surface area contributed by atoms with Gasteiger partial charge in [0.25, 0.3) is 0 Å². The van der Waals surface area contributed by atoms with Gasteiger partial charge < -0.3 is 9.88 Å². The van der Waals surface area contributed by atoms with E-state index in [1.807, 2.05) is 0 Å². The molecule has 1 amide bonds. The summed E-state index contributed by atoms with van der Waals surface area (Å²) in [5, 5.41) is 2.76. The molecule has 0 bridgehead atoms. The fourth-order valence-electron chi connectivity index (χ4n) is 1.90. The molecule has 0 unspecified atom stereocenters. The van der Waals surface area contributed by atoms with Crippen molar-refractivity contribution in [1.29, 1.82) is 0 Å². The van der Waals surface area contributed by atoms with E-state index in [-0.39, 0.29) is 22.4 Å². The Morgan fingerprint density at radius 2 is 2.09 bits per heavy atom. The lowest BCUT2D eigenvalue weighted by molar-refractivity contribution is -0.116. The van der Waals surface area contributed by atoms with E-state index in [1.165, 1.54) is 26.2 Å². The van der Waals surface area contributed by atoms with Crippen molar-refractivity contribution in [1.82, 2.24) is 13.9 Å². The second kappa shape index (κ2) is 6.69. The van der Waals surface area contributed by atoms with Gasteiger partial charge in [-0.15, -0.1) is 0 Å². The van der Waals surface area contributed by atoms with Gasteiger partial charge in [0.1, 0.15) is 17.3 Å². The molecule has 0 saturated heterocycles. The Morgan fingerprint density at radius 3 is 2.65 bits per heavy atom. The minimum atomic E-state index is -3.69. The molecule has 2 rings (SSSR count). The van der Waals surface area contributed by atoms with Crippen molar-refractivity contribution in [2.24, 2.45) is 0 Å². The van der Waals surface area contributed by atoms with Crippen molar-refractivity contribution in [2.45, 2.75) is 18.4 Å². The lowest BCUT2D eigenvalue weighted by atomic mass is 10.3. The predicted octanol–water partition coefficient (Wildman–Crippen LogP) is 1.73. The highest BCUT2D eigenvalue weighted by atomic mass is 35.5. The van der Waals surface area contributed by atoms with Crippen molar-refractivity contribution in [2.75, 3.05) is 19.4 Å². The summed E-state index contributed by atoms with van der Waals surface area (Å²) in [4.78, 5) is 16.0. The Bertz CT molecular complexity index is 830. The maximum Gasteiger partial charge on any atom is 0.244 e. The van der Waals surface area contributed by atoms with Gasteiger partial charge in [0.2, 0.25) is 15.9 Å². The lowest BCUT2D eigenvalue weighted by Crippen LogP contribution is -2.23. The van der Waals surface area contributed by atoms with Gasteiger partial charge in [-0.1, -0.05) is 11.6 Å². The molecule has 0 aliphatic carbocycles. The number of nitrogens with zero attached hydrogens (tertiary/aromatic N) is 3. The summed E-state index contributed by atoms with van der Waals surface area (Å²) in [5.74, 6) is 0.425. The summed E-state index contributed by atoms with van der Waals surface area (Å²) in [6.45, 7) is 1.88. The standard InChI is InChI=1S/C14H17ClN4O3S/c1-10-16-6-7-19(10)9-14(20)17-11-4-5-12(15)13(8-11)23(21,22)18(2)3/h4-8H,9H2,1-3H3,(H,17,20). The summed E-state index contributed by atoms with van der Waals surface area (Å²) in [7, 11) is -0.857. The number of amides is 1. The monoisotopic (exact) mass is 356 g/mol. The van der Waals surface area contributed by atoms with E-state index in [2.05, 4.69) is 10.3 Å². The molecule has 0 aliphatic heterocycles.